The molecule has 0 aliphatic heterocycles. The van der Waals surface area contributed by atoms with Gasteiger partial charge in [0, 0.05) is 0 Å². The first-order valence-electron chi connectivity index (χ1n) is 2.11. The van der Waals surface area contributed by atoms with Crippen LogP contribution in [0.15, 0.2) is 0 Å². The van der Waals surface area contributed by atoms with Crippen molar-refractivity contribution < 1.29 is 0 Å². The Balaban J connectivity index is 2.08. The van der Waals surface area contributed by atoms with E-state index in [2.05, 4.69) is 16.5 Å². The van der Waals surface area contributed by atoms with E-state index >= 15 is 0 Å². The average Bonchev–Trinajstić information content (AvgIpc) is 1.30. The molecule has 0 unspecified atom stereocenters. The van der Waals surface area contributed by atoms with Gasteiger partial charge in [-0.3, -0.25) is 0 Å². The van der Waals surface area contributed by atoms with Crippen molar-refractivity contribution in [3.63, 3.8) is 0 Å². The first-order chi connectivity index (χ1) is 2.39. The summed E-state index contributed by atoms with van der Waals surface area (Å²) >= 11 is 2.31. The van der Waals surface area contributed by atoms with Crippen LogP contribution >= 0.6 is 0 Å². The topological polar surface area (TPSA) is 0 Å². The van der Waals surface area contributed by atoms with E-state index in [0.29, 0.717) is 0 Å². The standard InChI is InChI=1S/C4H7Ge/c5-4-2-1-3-4/h4H,1-3H2. The van der Waals surface area contributed by atoms with Gasteiger partial charge < -0.3 is 0 Å². The van der Waals surface area contributed by atoms with Crippen molar-refractivity contribution in [2.45, 2.75) is 24.0 Å². The molecule has 0 heterocycles. The van der Waals surface area contributed by atoms with Crippen LogP contribution in [0.4, 0.5) is 0 Å². The maximum absolute atomic E-state index is 2.31. The van der Waals surface area contributed by atoms with Gasteiger partial charge in [0.2, 0.25) is 0 Å². The number of rotatable bonds is 0. The normalized spacial score (nSPS) is 25.8. The zero-order valence-electron chi connectivity index (χ0n) is 3.20. The molecule has 0 nitrogen and oxygen atoms in total. The van der Waals surface area contributed by atoms with Gasteiger partial charge in [-0.15, -0.1) is 0 Å². The van der Waals surface area contributed by atoms with Crippen LogP contribution in [0.25, 0.3) is 0 Å². The summed E-state index contributed by atoms with van der Waals surface area (Å²) in [6.45, 7) is 0. The van der Waals surface area contributed by atoms with Gasteiger partial charge >= 0.3 is 40.5 Å². The minimum atomic E-state index is 1.06. The predicted octanol–water partition coefficient (Wildman–Crippen LogP) is 1.13. The summed E-state index contributed by atoms with van der Waals surface area (Å²) in [4.78, 5) is 0. The Kier molecular flexibility index (Phi) is 0.992. The molecule has 0 N–H and O–H groups in total. The summed E-state index contributed by atoms with van der Waals surface area (Å²) < 4.78 is 1.06. The third-order valence-corrected chi connectivity index (χ3v) is 2.32. The predicted molar refractivity (Wildman–Crippen MR) is 23.4 cm³/mol. The third-order valence-electron chi connectivity index (χ3n) is 1.11. The molecule has 0 aromatic heterocycles. The van der Waals surface area contributed by atoms with Crippen LogP contribution in [-0.2, 0) is 0 Å². The fourth-order valence-electron chi connectivity index (χ4n) is 0.408. The van der Waals surface area contributed by atoms with Gasteiger partial charge in [0.1, 0.15) is 0 Å². The summed E-state index contributed by atoms with van der Waals surface area (Å²) in [6.07, 6.45) is 4.46. The Morgan fingerprint density at radius 3 is 1.80 bits per heavy atom. The molecule has 1 rings (SSSR count). The summed E-state index contributed by atoms with van der Waals surface area (Å²) in [5.41, 5.74) is 0. The zero-order valence-corrected chi connectivity index (χ0v) is 5.30. The molecule has 1 heteroatoms. The quantitative estimate of drug-likeness (QED) is 0.428. The molecule has 0 saturated heterocycles. The van der Waals surface area contributed by atoms with Gasteiger partial charge in [0.25, 0.3) is 0 Å². The van der Waals surface area contributed by atoms with Gasteiger partial charge in [-0.1, -0.05) is 0 Å². The van der Waals surface area contributed by atoms with Crippen LogP contribution < -0.4 is 0 Å². The average molecular weight is 128 g/mol. The summed E-state index contributed by atoms with van der Waals surface area (Å²) in [7, 11) is 0. The molecule has 1 aliphatic rings. The number of hydrogen-bond donors (Lipinski definition) is 0. The first-order valence-corrected chi connectivity index (χ1v) is 3.32. The molecule has 0 atom stereocenters. The van der Waals surface area contributed by atoms with E-state index < -0.39 is 0 Å². The van der Waals surface area contributed by atoms with Gasteiger partial charge in [-0.25, -0.2) is 0 Å². The molecule has 1 aliphatic carbocycles. The van der Waals surface area contributed by atoms with Crippen molar-refractivity contribution in [1.29, 1.82) is 0 Å². The van der Waals surface area contributed by atoms with Gasteiger partial charge in [0.05, 0.1) is 0 Å². The molecular formula is C4H7Ge. The van der Waals surface area contributed by atoms with Gasteiger partial charge in [-0.05, 0) is 0 Å². The molecule has 0 amide bonds. The fourth-order valence-corrected chi connectivity index (χ4v) is 1.26. The Morgan fingerprint density at radius 2 is 1.80 bits per heavy atom. The second-order valence-corrected chi connectivity index (χ2v) is 3.34. The molecule has 0 aromatic carbocycles. The first kappa shape index (κ1) is 3.72. The van der Waals surface area contributed by atoms with Crippen LogP contribution in [0, 0.1) is 0 Å². The SMILES string of the molecule is [Ge][CH]1CCC1. The van der Waals surface area contributed by atoms with E-state index in [1.165, 1.54) is 19.3 Å². The van der Waals surface area contributed by atoms with Crippen molar-refractivity contribution >= 4 is 16.5 Å². The summed E-state index contributed by atoms with van der Waals surface area (Å²) in [5, 5.41) is 0. The van der Waals surface area contributed by atoms with E-state index in [1.807, 2.05) is 0 Å². The van der Waals surface area contributed by atoms with Crippen LogP contribution in [0.5, 0.6) is 0 Å². The zero-order chi connectivity index (χ0) is 3.70. The fraction of sp³-hybridized carbons (Fsp3) is 1.00. The van der Waals surface area contributed by atoms with Crippen LogP contribution in [0.2, 0.25) is 4.75 Å². The van der Waals surface area contributed by atoms with Crippen molar-refractivity contribution in [1.82, 2.24) is 0 Å². The second-order valence-electron chi connectivity index (χ2n) is 1.63. The summed E-state index contributed by atoms with van der Waals surface area (Å²) in [5.74, 6) is 0. The van der Waals surface area contributed by atoms with Crippen LogP contribution in [0.3, 0.4) is 0 Å². The van der Waals surface area contributed by atoms with Gasteiger partial charge in [-0.2, -0.15) is 0 Å². The Bertz CT molecular complexity index is 30.6. The van der Waals surface area contributed by atoms with E-state index in [1.54, 1.807) is 0 Å². The molecule has 1 saturated carbocycles. The minimum absolute atomic E-state index is 1.06. The molecule has 0 spiro atoms. The van der Waals surface area contributed by atoms with Crippen LogP contribution in [-0.4, -0.2) is 16.5 Å². The Morgan fingerprint density at radius 1 is 1.40 bits per heavy atom. The van der Waals surface area contributed by atoms with E-state index in [0.717, 1.165) is 4.75 Å². The molecule has 1 fully saturated rings. The van der Waals surface area contributed by atoms with Crippen molar-refractivity contribution in [2.24, 2.45) is 0 Å². The van der Waals surface area contributed by atoms with Crippen LogP contribution in [0.1, 0.15) is 19.3 Å². The van der Waals surface area contributed by atoms with Crippen molar-refractivity contribution in [2.75, 3.05) is 0 Å². The molecule has 0 aromatic rings. The summed E-state index contributed by atoms with van der Waals surface area (Å²) in [6, 6.07) is 0. The molecule has 0 bridgehead atoms. The Labute approximate surface area is 41.2 Å². The molecular weight excluding hydrogens is 121 g/mol. The number of hydrogen-bond acceptors (Lipinski definition) is 0. The van der Waals surface area contributed by atoms with Crippen molar-refractivity contribution in [3.05, 3.63) is 0 Å². The third kappa shape index (κ3) is 0.686. The van der Waals surface area contributed by atoms with Crippen molar-refractivity contribution in [3.8, 4) is 0 Å². The Hall–Kier alpha value is 0.543. The van der Waals surface area contributed by atoms with E-state index in [4.69, 9.17) is 0 Å². The van der Waals surface area contributed by atoms with Gasteiger partial charge in [0.15, 0.2) is 0 Å². The molecule has 3 radical (unpaired) electrons. The van der Waals surface area contributed by atoms with E-state index in [-0.39, 0.29) is 0 Å². The monoisotopic (exact) mass is 129 g/mol. The second kappa shape index (κ2) is 1.33. The van der Waals surface area contributed by atoms with E-state index in [9.17, 15) is 0 Å². The molecule has 27 valence electrons. The molecule has 5 heavy (non-hydrogen) atoms. The maximum atomic E-state index is 2.31.